The Morgan fingerprint density at radius 2 is 1.75 bits per heavy atom. The Kier molecular flexibility index (Phi) is 5.02. The van der Waals surface area contributed by atoms with Gasteiger partial charge < -0.3 is 0 Å². The summed E-state index contributed by atoms with van der Waals surface area (Å²) in [6.07, 6.45) is 0. The fourth-order valence-corrected chi connectivity index (χ4v) is 2.58. The van der Waals surface area contributed by atoms with Crippen LogP contribution in [0.3, 0.4) is 0 Å². The van der Waals surface area contributed by atoms with E-state index in [4.69, 9.17) is 23.2 Å². The average molecular weight is 333 g/mol. The maximum Gasteiger partial charge on any atom is 0.173 e. The van der Waals surface area contributed by atoms with E-state index in [0.717, 1.165) is 23.9 Å². The zero-order valence-electron chi connectivity index (χ0n) is 10.00. The molecule has 0 amide bonds. The highest BCUT2D eigenvalue weighted by molar-refractivity contribution is 8.00. The molecule has 104 valence electrons. The van der Waals surface area contributed by atoms with E-state index in [1.807, 2.05) is 0 Å². The standard InChI is InChI=1S/C14H8Cl2F2OS/c15-10-3-1-8(5-11(10)16)14(19)7-20-9-2-4-12(17)13(18)6-9/h1-6H,7H2. The fraction of sp³-hybridized carbons (Fsp3) is 0.0714. The Bertz CT molecular complexity index is 662. The number of hydrogen-bond donors (Lipinski definition) is 0. The van der Waals surface area contributed by atoms with Crippen LogP contribution in [0.2, 0.25) is 10.0 Å². The van der Waals surface area contributed by atoms with Crippen molar-refractivity contribution in [1.29, 1.82) is 0 Å². The van der Waals surface area contributed by atoms with Crippen molar-refractivity contribution in [2.45, 2.75) is 4.90 Å². The van der Waals surface area contributed by atoms with Crippen molar-refractivity contribution >= 4 is 40.7 Å². The van der Waals surface area contributed by atoms with Gasteiger partial charge in [-0.3, -0.25) is 4.79 Å². The van der Waals surface area contributed by atoms with E-state index in [1.165, 1.54) is 12.1 Å². The van der Waals surface area contributed by atoms with Crippen LogP contribution >= 0.6 is 35.0 Å². The fourth-order valence-electron chi connectivity index (χ4n) is 1.47. The Morgan fingerprint density at radius 1 is 1.00 bits per heavy atom. The Balaban J connectivity index is 2.04. The van der Waals surface area contributed by atoms with Gasteiger partial charge in [0.15, 0.2) is 17.4 Å². The zero-order chi connectivity index (χ0) is 14.7. The third-order valence-corrected chi connectivity index (χ3v) is 4.24. The highest BCUT2D eigenvalue weighted by Crippen LogP contribution is 2.25. The van der Waals surface area contributed by atoms with Crippen molar-refractivity contribution in [1.82, 2.24) is 0 Å². The molecule has 0 aliphatic rings. The molecule has 2 aromatic carbocycles. The van der Waals surface area contributed by atoms with Crippen LogP contribution in [0.5, 0.6) is 0 Å². The number of Topliss-reactive ketones (excluding diaryl/α,β-unsaturated/α-hetero) is 1. The first-order valence-corrected chi connectivity index (χ1v) is 7.27. The highest BCUT2D eigenvalue weighted by atomic mass is 35.5. The van der Waals surface area contributed by atoms with Crippen molar-refractivity contribution in [3.8, 4) is 0 Å². The maximum absolute atomic E-state index is 13.0. The van der Waals surface area contributed by atoms with Crippen LogP contribution in [0, 0.1) is 11.6 Å². The second kappa shape index (κ2) is 6.57. The van der Waals surface area contributed by atoms with Crippen LogP contribution in [-0.4, -0.2) is 11.5 Å². The van der Waals surface area contributed by atoms with Gasteiger partial charge in [0.05, 0.1) is 15.8 Å². The highest BCUT2D eigenvalue weighted by Gasteiger charge is 2.10. The molecule has 0 fully saturated rings. The van der Waals surface area contributed by atoms with Gasteiger partial charge in [0.25, 0.3) is 0 Å². The summed E-state index contributed by atoms with van der Waals surface area (Å²) >= 11 is 12.7. The third-order valence-electron chi connectivity index (χ3n) is 2.50. The van der Waals surface area contributed by atoms with Gasteiger partial charge in [-0.15, -0.1) is 11.8 Å². The Labute approximate surface area is 128 Å². The van der Waals surface area contributed by atoms with Crippen LogP contribution in [-0.2, 0) is 0 Å². The largest absolute Gasteiger partial charge is 0.293 e. The second-order valence-corrected chi connectivity index (χ2v) is 5.78. The third kappa shape index (κ3) is 3.72. The minimum Gasteiger partial charge on any atom is -0.293 e. The molecule has 0 spiro atoms. The molecule has 0 radical (unpaired) electrons. The first-order valence-electron chi connectivity index (χ1n) is 5.53. The second-order valence-electron chi connectivity index (χ2n) is 3.92. The molecule has 0 unspecified atom stereocenters. The SMILES string of the molecule is O=C(CSc1ccc(F)c(F)c1)c1ccc(Cl)c(Cl)c1. The molecule has 0 atom stereocenters. The van der Waals surface area contributed by atoms with Crippen molar-refractivity contribution in [2.24, 2.45) is 0 Å². The quantitative estimate of drug-likeness (QED) is 0.562. The number of carbonyl (C=O) groups excluding carboxylic acids is 1. The van der Waals surface area contributed by atoms with Gasteiger partial charge >= 0.3 is 0 Å². The lowest BCUT2D eigenvalue weighted by atomic mass is 10.1. The van der Waals surface area contributed by atoms with Gasteiger partial charge in [-0.05, 0) is 36.4 Å². The first kappa shape index (κ1) is 15.3. The molecule has 2 rings (SSSR count). The van der Waals surface area contributed by atoms with Gasteiger partial charge in [-0.25, -0.2) is 8.78 Å². The number of benzene rings is 2. The number of rotatable bonds is 4. The number of carbonyl (C=O) groups is 1. The lowest BCUT2D eigenvalue weighted by Gasteiger charge is -2.04. The van der Waals surface area contributed by atoms with E-state index in [2.05, 4.69) is 0 Å². The van der Waals surface area contributed by atoms with E-state index in [-0.39, 0.29) is 11.5 Å². The Hall–Kier alpha value is -1.10. The number of hydrogen-bond acceptors (Lipinski definition) is 2. The van der Waals surface area contributed by atoms with Crippen LogP contribution in [0.1, 0.15) is 10.4 Å². The maximum atomic E-state index is 13.0. The van der Waals surface area contributed by atoms with Crippen LogP contribution in [0.15, 0.2) is 41.3 Å². The molecule has 2 aromatic rings. The van der Waals surface area contributed by atoms with E-state index < -0.39 is 11.6 Å². The first-order chi connectivity index (χ1) is 9.47. The van der Waals surface area contributed by atoms with Gasteiger partial charge in [0, 0.05) is 10.5 Å². The lowest BCUT2D eigenvalue weighted by molar-refractivity contribution is 0.102. The molecule has 0 heterocycles. The molecular formula is C14H8Cl2F2OS. The number of halogens is 4. The molecule has 20 heavy (non-hydrogen) atoms. The molecule has 1 nitrogen and oxygen atoms in total. The molecular weight excluding hydrogens is 325 g/mol. The summed E-state index contributed by atoms with van der Waals surface area (Å²) in [5, 5.41) is 0.673. The topological polar surface area (TPSA) is 17.1 Å². The van der Waals surface area contributed by atoms with Crippen molar-refractivity contribution in [3.05, 3.63) is 63.6 Å². The monoisotopic (exact) mass is 332 g/mol. The van der Waals surface area contributed by atoms with Crippen LogP contribution < -0.4 is 0 Å². The van der Waals surface area contributed by atoms with Gasteiger partial charge in [0.2, 0.25) is 0 Å². The predicted molar refractivity (Wildman–Crippen MR) is 77.9 cm³/mol. The normalized spacial score (nSPS) is 10.6. The molecule has 6 heteroatoms. The molecule has 0 saturated heterocycles. The lowest BCUT2D eigenvalue weighted by Crippen LogP contribution is -2.02. The molecule has 0 aliphatic heterocycles. The van der Waals surface area contributed by atoms with Gasteiger partial charge in [-0.2, -0.15) is 0 Å². The number of ketones is 1. The smallest absolute Gasteiger partial charge is 0.173 e. The molecule has 0 aromatic heterocycles. The van der Waals surface area contributed by atoms with Crippen molar-refractivity contribution in [3.63, 3.8) is 0 Å². The average Bonchev–Trinajstić information content (AvgIpc) is 2.43. The summed E-state index contributed by atoms with van der Waals surface area (Å²) < 4.78 is 25.8. The van der Waals surface area contributed by atoms with Crippen LogP contribution in [0.25, 0.3) is 0 Å². The van der Waals surface area contributed by atoms with Gasteiger partial charge in [0.1, 0.15) is 0 Å². The predicted octanol–water partition coefficient (Wildman–Crippen LogP) is 5.25. The summed E-state index contributed by atoms with van der Waals surface area (Å²) in [7, 11) is 0. The minimum absolute atomic E-state index is 0.100. The molecule has 0 saturated carbocycles. The van der Waals surface area contributed by atoms with Crippen molar-refractivity contribution < 1.29 is 13.6 Å². The van der Waals surface area contributed by atoms with E-state index in [9.17, 15) is 13.6 Å². The zero-order valence-corrected chi connectivity index (χ0v) is 12.3. The van der Waals surface area contributed by atoms with Gasteiger partial charge in [-0.1, -0.05) is 23.2 Å². The molecule has 0 N–H and O–H groups in total. The number of thioether (sulfide) groups is 1. The summed E-state index contributed by atoms with van der Waals surface area (Å²) in [5.41, 5.74) is 0.425. The van der Waals surface area contributed by atoms with E-state index >= 15 is 0 Å². The van der Waals surface area contributed by atoms with Crippen molar-refractivity contribution in [2.75, 3.05) is 5.75 Å². The van der Waals surface area contributed by atoms with E-state index in [0.29, 0.717) is 20.5 Å². The summed E-state index contributed by atoms with van der Waals surface area (Å²) in [6, 6.07) is 8.11. The van der Waals surface area contributed by atoms with Crippen LogP contribution in [0.4, 0.5) is 8.78 Å². The summed E-state index contributed by atoms with van der Waals surface area (Å²) in [6.45, 7) is 0. The summed E-state index contributed by atoms with van der Waals surface area (Å²) in [5.74, 6) is -1.91. The molecule has 0 aliphatic carbocycles. The Morgan fingerprint density at radius 3 is 2.40 bits per heavy atom. The molecule has 0 bridgehead atoms. The minimum atomic E-state index is -0.933. The summed E-state index contributed by atoms with van der Waals surface area (Å²) in [4.78, 5) is 12.4. The van der Waals surface area contributed by atoms with E-state index in [1.54, 1.807) is 12.1 Å².